The van der Waals surface area contributed by atoms with E-state index in [1.54, 1.807) is 0 Å². The summed E-state index contributed by atoms with van der Waals surface area (Å²) in [5.41, 5.74) is 18.7. The molecule has 0 unspecified atom stereocenters. The average Bonchev–Trinajstić information content (AvgIpc) is 3.76. The van der Waals surface area contributed by atoms with E-state index in [-0.39, 0.29) is 0 Å². The Balaban J connectivity index is 1.07. The summed E-state index contributed by atoms with van der Waals surface area (Å²) >= 11 is 0. The van der Waals surface area contributed by atoms with Gasteiger partial charge in [0.15, 0.2) is 0 Å². The van der Waals surface area contributed by atoms with Crippen molar-refractivity contribution in [1.82, 2.24) is 4.98 Å². The SMILES string of the molecule is c1ccc(N(c2cccc(-c3cc4ccccc4nc3-c3ccc4ccccc4c3)c2)c2ccc3c(c2)C2(c4ccccc4-c4ccccc42)c2ccccc2-3)cc1. The summed E-state index contributed by atoms with van der Waals surface area (Å²) in [5, 5.41) is 3.54. The number of hydrogen-bond acceptors (Lipinski definition) is 2. The monoisotopic (exact) mass is 736 g/mol. The van der Waals surface area contributed by atoms with Gasteiger partial charge in [-0.15, -0.1) is 0 Å². The third kappa shape index (κ3) is 4.76. The molecule has 1 spiro atoms. The molecule has 9 aromatic carbocycles. The topological polar surface area (TPSA) is 16.1 Å². The molecule has 12 rings (SSSR count). The lowest BCUT2D eigenvalue weighted by Crippen LogP contribution is -2.26. The Morgan fingerprint density at radius 1 is 0.310 bits per heavy atom. The van der Waals surface area contributed by atoms with Crippen LogP contribution in [0, 0.1) is 0 Å². The van der Waals surface area contributed by atoms with Gasteiger partial charge in [0.05, 0.1) is 16.6 Å². The summed E-state index contributed by atoms with van der Waals surface area (Å²) in [6.45, 7) is 0. The first-order valence-electron chi connectivity index (χ1n) is 20.0. The van der Waals surface area contributed by atoms with E-state index in [9.17, 15) is 0 Å². The molecule has 2 aliphatic carbocycles. The van der Waals surface area contributed by atoms with Crippen LogP contribution in [0.25, 0.3) is 66.3 Å². The number of nitrogens with zero attached hydrogens (tertiary/aromatic N) is 2. The number of rotatable bonds is 5. The molecule has 0 atom stereocenters. The van der Waals surface area contributed by atoms with E-state index >= 15 is 0 Å². The van der Waals surface area contributed by atoms with Crippen molar-refractivity contribution in [3.8, 4) is 44.6 Å². The second-order valence-electron chi connectivity index (χ2n) is 15.5. The molecule has 0 saturated heterocycles. The Kier molecular flexibility index (Phi) is 7.18. The van der Waals surface area contributed by atoms with Crippen LogP contribution in [0.3, 0.4) is 0 Å². The van der Waals surface area contributed by atoms with Gasteiger partial charge in [0, 0.05) is 33.6 Å². The van der Waals surface area contributed by atoms with E-state index in [2.05, 4.69) is 223 Å². The molecule has 0 N–H and O–H groups in total. The first kappa shape index (κ1) is 32.7. The van der Waals surface area contributed by atoms with Crippen molar-refractivity contribution in [1.29, 1.82) is 0 Å². The zero-order valence-corrected chi connectivity index (χ0v) is 31.7. The number of aromatic nitrogens is 1. The second kappa shape index (κ2) is 12.7. The molecular formula is C56H36N2. The first-order valence-corrected chi connectivity index (χ1v) is 20.0. The molecule has 2 nitrogen and oxygen atoms in total. The maximum atomic E-state index is 5.34. The van der Waals surface area contributed by atoms with Gasteiger partial charge in [-0.2, -0.15) is 0 Å². The van der Waals surface area contributed by atoms with Crippen molar-refractivity contribution < 1.29 is 0 Å². The molecule has 0 radical (unpaired) electrons. The van der Waals surface area contributed by atoms with Gasteiger partial charge >= 0.3 is 0 Å². The quantitative estimate of drug-likeness (QED) is 0.175. The van der Waals surface area contributed by atoms with Crippen molar-refractivity contribution in [2.24, 2.45) is 0 Å². The van der Waals surface area contributed by atoms with Crippen LogP contribution in [0.2, 0.25) is 0 Å². The Bertz CT molecular complexity index is 3190. The Morgan fingerprint density at radius 2 is 0.879 bits per heavy atom. The summed E-state index contributed by atoms with van der Waals surface area (Å²) in [6.07, 6.45) is 0. The molecule has 0 bridgehead atoms. The van der Waals surface area contributed by atoms with Crippen LogP contribution in [0.15, 0.2) is 218 Å². The largest absolute Gasteiger partial charge is 0.310 e. The van der Waals surface area contributed by atoms with Crippen molar-refractivity contribution in [2.45, 2.75) is 5.41 Å². The molecule has 58 heavy (non-hydrogen) atoms. The van der Waals surface area contributed by atoms with Gasteiger partial charge in [-0.05, 0) is 115 Å². The fourth-order valence-electron chi connectivity index (χ4n) is 9.95. The molecule has 0 amide bonds. The third-order valence-corrected chi connectivity index (χ3v) is 12.4. The highest BCUT2D eigenvalue weighted by atomic mass is 15.1. The summed E-state index contributed by atoms with van der Waals surface area (Å²) in [6, 6.07) is 79.9. The minimum Gasteiger partial charge on any atom is -0.310 e. The zero-order valence-electron chi connectivity index (χ0n) is 31.7. The normalized spacial score (nSPS) is 13.0. The molecule has 270 valence electrons. The fourth-order valence-corrected chi connectivity index (χ4v) is 9.95. The molecule has 0 aliphatic heterocycles. The van der Waals surface area contributed by atoms with E-state index in [0.29, 0.717) is 0 Å². The van der Waals surface area contributed by atoms with Crippen molar-refractivity contribution >= 4 is 38.7 Å². The van der Waals surface area contributed by atoms with E-state index in [4.69, 9.17) is 4.98 Å². The van der Waals surface area contributed by atoms with Gasteiger partial charge < -0.3 is 4.90 Å². The number of para-hydroxylation sites is 2. The van der Waals surface area contributed by atoms with Crippen LogP contribution in [0.5, 0.6) is 0 Å². The van der Waals surface area contributed by atoms with Crippen LogP contribution in [0.1, 0.15) is 22.3 Å². The number of anilines is 3. The van der Waals surface area contributed by atoms with Crippen LogP contribution in [0.4, 0.5) is 17.1 Å². The van der Waals surface area contributed by atoms with Gasteiger partial charge in [-0.3, -0.25) is 0 Å². The molecule has 0 saturated carbocycles. The van der Waals surface area contributed by atoms with Gasteiger partial charge in [0.2, 0.25) is 0 Å². The summed E-state index contributed by atoms with van der Waals surface area (Å²) in [7, 11) is 0. The standard InChI is InChI=1S/C56H36N2/c1-2-19-42(20-3-1)58(43-21-14-18-39(34-43)49-35-40-17-6-13-28-54(40)57-55(49)41-30-29-37-15-4-5-16-38(37)33-41)44-31-32-48-47-24-9-12-27-52(47)56(53(48)36-44)50-25-10-7-22-45(50)46-23-8-11-26-51(46)56/h1-36H. The van der Waals surface area contributed by atoms with E-state index in [0.717, 1.165) is 50.3 Å². The lowest BCUT2D eigenvalue weighted by atomic mass is 9.70. The summed E-state index contributed by atoms with van der Waals surface area (Å²) < 4.78 is 0. The third-order valence-electron chi connectivity index (χ3n) is 12.4. The molecule has 2 aliphatic rings. The lowest BCUT2D eigenvalue weighted by Gasteiger charge is -2.32. The highest BCUT2D eigenvalue weighted by Gasteiger charge is 2.51. The smallest absolute Gasteiger partial charge is 0.0788 e. The molecule has 0 fully saturated rings. The minimum absolute atomic E-state index is 0.426. The van der Waals surface area contributed by atoms with Crippen LogP contribution in [-0.2, 0) is 5.41 Å². The first-order chi connectivity index (χ1) is 28.8. The zero-order chi connectivity index (χ0) is 38.2. The predicted molar refractivity (Wildman–Crippen MR) is 241 cm³/mol. The Labute approximate surface area is 338 Å². The Morgan fingerprint density at radius 3 is 1.60 bits per heavy atom. The maximum Gasteiger partial charge on any atom is 0.0788 e. The van der Waals surface area contributed by atoms with Crippen molar-refractivity contribution in [3.05, 3.63) is 241 Å². The number of hydrogen-bond donors (Lipinski definition) is 0. The fraction of sp³-hybridized carbons (Fsp3) is 0.0179. The number of fused-ring (bicyclic) bond motifs is 12. The van der Waals surface area contributed by atoms with E-state index < -0.39 is 5.41 Å². The van der Waals surface area contributed by atoms with Gasteiger partial charge in [-0.25, -0.2) is 4.98 Å². The molecule has 10 aromatic rings. The lowest BCUT2D eigenvalue weighted by molar-refractivity contribution is 0.793. The molecule has 1 heterocycles. The van der Waals surface area contributed by atoms with E-state index in [1.165, 1.54) is 55.3 Å². The second-order valence-corrected chi connectivity index (χ2v) is 15.5. The van der Waals surface area contributed by atoms with Gasteiger partial charge in [0.25, 0.3) is 0 Å². The summed E-state index contributed by atoms with van der Waals surface area (Å²) in [5.74, 6) is 0. The summed E-state index contributed by atoms with van der Waals surface area (Å²) in [4.78, 5) is 7.76. The molecule has 1 aromatic heterocycles. The highest BCUT2D eigenvalue weighted by Crippen LogP contribution is 2.63. The number of pyridine rings is 1. The highest BCUT2D eigenvalue weighted by molar-refractivity contribution is 5.98. The minimum atomic E-state index is -0.426. The Hall–Kier alpha value is -7.55. The maximum absolute atomic E-state index is 5.34. The van der Waals surface area contributed by atoms with Crippen LogP contribution < -0.4 is 4.90 Å². The number of benzene rings is 9. The van der Waals surface area contributed by atoms with Gasteiger partial charge in [0.1, 0.15) is 0 Å². The molecular weight excluding hydrogens is 701 g/mol. The van der Waals surface area contributed by atoms with Crippen LogP contribution >= 0.6 is 0 Å². The van der Waals surface area contributed by atoms with Gasteiger partial charge in [-0.1, -0.05) is 164 Å². The van der Waals surface area contributed by atoms with Crippen molar-refractivity contribution in [3.63, 3.8) is 0 Å². The van der Waals surface area contributed by atoms with Crippen LogP contribution in [-0.4, -0.2) is 4.98 Å². The average molecular weight is 737 g/mol. The van der Waals surface area contributed by atoms with Crippen molar-refractivity contribution in [2.75, 3.05) is 4.90 Å². The molecule has 2 heteroatoms. The van der Waals surface area contributed by atoms with E-state index in [1.807, 2.05) is 0 Å². The predicted octanol–water partition coefficient (Wildman–Crippen LogP) is 14.5.